The summed E-state index contributed by atoms with van der Waals surface area (Å²) >= 11 is 0. The lowest BCUT2D eigenvalue weighted by Crippen LogP contribution is -2.30. The van der Waals surface area contributed by atoms with E-state index < -0.39 is 7.92 Å². The summed E-state index contributed by atoms with van der Waals surface area (Å²) in [7, 11) is -0.553. The summed E-state index contributed by atoms with van der Waals surface area (Å²) in [5, 5.41) is 4.51. The Balaban J connectivity index is 0.00000336. The number of hydrogen-bond donors (Lipinski definition) is 0. The molecule has 3 aromatic rings. The van der Waals surface area contributed by atoms with Crippen LogP contribution in [0.4, 0.5) is 0 Å². The number of benzene rings is 3. The van der Waals surface area contributed by atoms with Gasteiger partial charge in [-0.1, -0.05) is 124 Å². The third kappa shape index (κ3) is 7.11. The summed E-state index contributed by atoms with van der Waals surface area (Å²) in [5.74, 6) is 4.56. The minimum atomic E-state index is -0.553. The average molecular weight is 639 g/mol. The van der Waals surface area contributed by atoms with Crippen molar-refractivity contribution in [1.82, 2.24) is 0 Å². The number of halogens is 1. The van der Waals surface area contributed by atoms with Gasteiger partial charge in [0, 0.05) is 0 Å². The molecule has 2 aliphatic rings. The summed E-state index contributed by atoms with van der Waals surface area (Å²) in [6.07, 6.45) is 15.9. The summed E-state index contributed by atoms with van der Waals surface area (Å²) in [5.41, 5.74) is 1.63. The largest absolute Gasteiger partial charge is 0.107 e. The lowest BCUT2D eigenvalue weighted by atomic mass is 9.66. The minimum Gasteiger partial charge on any atom is -0.107 e. The van der Waals surface area contributed by atoms with E-state index in [0.717, 1.165) is 23.7 Å². The highest BCUT2D eigenvalue weighted by Gasteiger charge is 2.34. The van der Waals surface area contributed by atoms with Crippen molar-refractivity contribution < 1.29 is 0 Å². The molecule has 0 nitrogen and oxygen atoms in total. The maximum Gasteiger partial charge on any atom is -0.0116 e. The molecule has 204 valence electrons. The summed E-state index contributed by atoms with van der Waals surface area (Å²) in [6.45, 7) is 4.80. The Kier molecular flexibility index (Phi) is 11.8. The molecule has 1 unspecified atom stereocenters. The van der Waals surface area contributed by atoms with Gasteiger partial charge in [-0.3, -0.25) is 0 Å². The second-order valence-corrected chi connectivity index (χ2v) is 14.0. The summed E-state index contributed by atoms with van der Waals surface area (Å²) < 4.78 is 0. The Bertz CT molecular complexity index is 1030. The first-order chi connectivity index (χ1) is 18.3. The van der Waals surface area contributed by atoms with E-state index in [9.17, 15) is 0 Å². The molecule has 0 heterocycles. The maximum absolute atomic E-state index is 2.48. The van der Waals surface area contributed by atoms with Crippen LogP contribution in [-0.4, -0.2) is 0 Å². The Morgan fingerprint density at radius 1 is 0.632 bits per heavy atom. The zero-order chi connectivity index (χ0) is 25.5. The van der Waals surface area contributed by atoms with Crippen molar-refractivity contribution in [3.8, 4) is 0 Å². The van der Waals surface area contributed by atoms with Gasteiger partial charge in [0.2, 0.25) is 0 Å². The molecule has 38 heavy (non-hydrogen) atoms. The minimum absolute atomic E-state index is 0. The SMILES string of the molecule is CCCC1CCC(C2CCC(C(CC)c3ccccc3P(c3ccccc3)c3ccccc3)CC2)CC1.I. The molecule has 2 heteroatoms. The Labute approximate surface area is 251 Å². The van der Waals surface area contributed by atoms with Gasteiger partial charge in [-0.15, -0.1) is 24.0 Å². The zero-order valence-corrected chi connectivity index (χ0v) is 26.8. The maximum atomic E-state index is 2.48. The fourth-order valence-electron chi connectivity index (χ4n) is 7.77. The van der Waals surface area contributed by atoms with Gasteiger partial charge in [0.25, 0.3) is 0 Å². The molecule has 3 aromatic carbocycles. The highest BCUT2D eigenvalue weighted by Crippen LogP contribution is 2.47. The smallest absolute Gasteiger partial charge is 0.0116 e. The van der Waals surface area contributed by atoms with Gasteiger partial charge in [-0.05, 0) is 104 Å². The predicted molar refractivity (Wildman–Crippen MR) is 179 cm³/mol. The van der Waals surface area contributed by atoms with Crippen LogP contribution in [0.5, 0.6) is 0 Å². The normalized spacial score (nSPS) is 24.5. The second kappa shape index (κ2) is 15.0. The Hall–Kier alpha value is -1.18. The van der Waals surface area contributed by atoms with Crippen LogP contribution in [0.1, 0.15) is 96.0 Å². The molecule has 0 bridgehead atoms. The first kappa shape index (κ1) is 29.8. The van der Waals surface area contributed by atoms with E-state index in [1.165, 1.54) is 81.2 Å². The van der Waals surface area contributed by atoms with Crippen molar-refractivity contribution in [3.05, 3.63) is 90.5 Å². The molecule has 0 aliphatic heterocycles. The van der Waals surface area contributed by atoms with Crippen molar-refractivity contribution in [2.24, 2.45) is 23.7 Å². The lowest BCUT2D eigenvalue weighted by Gasteiger charge is -2.40. The van der Waals surface area contributed by atoms with Crippen molar-refractivity contribution in [1.29, 1.82) is 0 Å². The van der Waals surface area contributed by atoms with E-state index in [4.69, 9.17) is 0 Å². The topological polar surface area (TPSA) is 0 Å². The van der Waals surface area contributed by atoms with Crippen LogP contribution in [0.15, 0.2) is 84.9 Å². The molecular weight excluding hydrogens is 590 g/mol. The molecule has 0 N–H and O–H groups in total. The third-order valence-corrected chi connectivity index (χ3v) is 12.2. The van der Waals surface area contributed by atoms with Gasteiger partial charge in [0.05, 0.1) is 0 Å². The van der Waals surface area contributed by atoms with Crippen molar-refractivity contribution in [2.75, 3.05) is 0 Å². The molecule has 0 aromatic heterocycles. The van der Waals surface area contributed by atoms with E-state index in [1.807, 2.05) is 0 Å². The van der Waals surface area contributed by atoms with E-state index >= 15 is 0 Å². The molecule has 0 radical (unpaired) electrons. The quantitative estimate of drug-likeness (QED) is 0.162. The third-order valence-electron chi connectivity index (χ3n) is 9.69. The molecule has 5 rings (SSSR count). The van der Waals surface area contributed by atoms with Crippen LogP contribution >= 0.6 is 31.9 Å². The monoisotopic (exact) mass is 638 g/mol. The van der Waals surface area contributed by atoms with Gasteiger partial charge in [0.1, 0.15) is 0 Å². The molecule has 2 saturated carbocycles. The van der Waals surface area contributed by atoms with E-state index in [1.54, 1.807) is 10.9 Å². The molecular formula is C36H48IP. The van der Waals surface area contributed by atoms with Crippen LogP contribution in [0.25, 0.3) is 0 Å². The first-order valence-electron chi connectivity index (χ1n) is 15.3. The molecule has 2 aliphatic carbocycles. The zero-order valence-electron chi connectivity index (χ0n) is 23.6. The van der Waals surface area contributed by atoms with E-state index in [-0.39, 0.29) is 24.0 Å². The fraction of sp³-hybridized carbons (Fsp3) is 0.500. The van der Waals surface area contributed by atoms with E-state index in [0.29, 0.717) is 5.92 Å². The van der Waals surface area contributed by atoms with Crippen LogP contribution in [0.3, 0.4) is 0 Å². The van der Waals surface area contributed by atoms with Crippen molar-refractivity contribution in [2.45, 2.75) is 90.4 Å². The van der Waals surface area contributed by atoms with Crippen molar-refractivity contribution >= 4 is 47.8 Å². The Morgan fingerprint density at radius 2 is 1.13 bits per heavy atom. The lowest BCUT2D eigenvalue weighted by molar-refractivity contribution is 0.135. The highest BCUT2D eigenvalue weighted by molar-refractivity contribution is 14.0. The average Bonchev–Trinajstić information content (AvgIpc) is 2.97. The molecule has 0 saturated heterocycles. The summed E-state index contributed by atoms with van der Waals surface area (Å²) in [6, 6.07) is 32.0. The predicted octanol–water partition coefficient (Wildman–Crippen LogP) is 9.97. The highest BCUT2D eigenvalue weighted by atomic mass is 127. The van der Waals surface area contributed by atoms with Crippen LogP contribution in [0.2, 0.25) is 0 Å². The van der Waals surface area contributed by atoms with Gasteiger partial charge in [-0.25, -0.2) is 0 Å². The van der Waals surface area contributed by atoms with Gasteiger partial charge in [0.15, 0.2) is 0 Å². The van der Waals surface area contributed by atoms with Gasteiger partial charge in [-0.2, -0.15) is 0 Å². The Morgan fingerprint density at radius 3 is 1.66 bits per heavy atom. The van der Waals surface area contributed by atoms with E-state index in [2.05, 4.69) is 98.8 Å². The molecule has 0 amide bonds. The number of hydrogen-bond acceptors (Lipinski definition) is 0. The molecule has 2 fully saturated rings. The number of rotatable bonds is 9. The van der Waals surface area contributed by atoms with Crippen LogP contribution in [-0.2, 0) is 0 Å². The van der Waals surface area contributed by atoms with Crippen molar-refractivity contribution in [3.63, 3.8) is 0 Å². The van der Waals surface area contributed by atoms with Gasteiger partial charge < -0.3 is 0 Å². The van der Waals surface area contributed by atoms with Gasteiger partial charge >= 0.3 is 0 Å². The second-order valence-electron chi connectivity index (χ2n) is 11.8. The summed E-state index contributed by atoms with van der Waals surface area (Å²) in [4.78, 5) is 0. The van der Waals surface area contributed by atoms with Crippen LogP contribution < -0.4 is 15.9 Å². The molecule has 1 atom stereocenters. The first-order valence-corrected chi connectivity index (χ1v) is 16.6. The fourth-order valence-corrected chi connectivity index (χ4v) is 10.3. The molecule has 0 spiro atoms. The van der Waals surface area contributed by atoms with Crippen LogP contribution in [0, 0.1) is 23.7 Å². The standard InChI is InChI=1S/C36H47P.HI/c1-3-13-28-20-22-29(23-21-28)30-24-26-31(27-25-30)34(4-2)35-18-11-12-19-36(35)37(32-14-7-5-8-15-32)33-16-9-6-10-17-33;/h5-12,14-19,28-31,34H,3-4,13,20-27H2,1-2H3;1H.